The predicted molar refractivity (Wildman–Crippen MR) is 83.6 cm³/mol. The summed E-state index contributed by atoms with van der Waals surface area (Å²) in [4.78, 5) is 0. The molecule has 3 nitrogen and oxygen atoms in total. The van der Waals surface area contributed by atoms with Gasteiger partial charge < -0.3 is 10.3 Å². The number of aromatic nitrogens is 1. The van der Waals surface area contributed by atoms with Crippen LogP contribution in [0, 0.1) is 6.92 Å². The first-order valence-electron chi connectivity index (χ1n) is 7.53. The van der Waals surface area contributed by atoms with Gasteiger partial charge in [0.1, 0.15) is 5.76 Å². The van der Waals surface area contributed by atoms with Gasteiger partial charge in [-0.05, 0) is 18.9 Å². The lowest BCUT2D eigenvalue weighted by Gasteiger charge is -2.03. The molecule has 0 saturated carbocycles. The third kappa shape index (κ3) is 3.62. The van der Waals surface area contributed by atoms with Gasteiger partial charge in [-0.3, -0.25) is 0 Å². The Kier molecular flexibility index (Phi) is 5.22. The number of nitrogens with two attached hydrogens (primary N) is 1. The third-order valence-corrected chi connectivity index (χ3v) is 3.64. The van der Waals surface area contributed by atoms with E-state index in [1.807, 2.05) is 0 Å². The van der Waals surface area contributed by atoms with Crippen LogP contribution < -0.4 is 5.73 Å². The number of hydrogen-bond donors (Lipinski definition) is 1. The average Bonchev–Trinajstić information content (AvgIpc) is 2.81. The van der Waals surface area contributed by atoms with Crippen molar-refractivity contribution in [3.63, 3.8) is 0 Å². The Morgan fingerprint density at radius 3 is 2.45 bits per heavy atom. The molecule has 3 heteroatoms. The molecular formula is C17H24N2O. The van der Waals surface area contributed by atoms with Crippen LogP contribution in [0.3, 0.4) is 0 Å². The van der Waals surface area contributed by atoms with Crippen LogP contribution in [0.4, 0.5) is 5.82 Å². The van der Waals surface area contributed by atoms with Crippen LogP contribution in [0.5, 0.6) is 0 Å². The van der Waals surface area contributed by atoms with Crippen LogP contribution in [0.25, 0.3) is 11.1 Å². The first-order valence-corrected chi connectivity index (χ1v) is 7.53. The highest BCUT2D eigenvalue weighted by molar-refractivity contribution is 5.75. The molecule has 0 saturated heterocycles. The van der Waals surface area contributed by atoms with E-state index < -0.39 is 0 Å². The number of unbranched alkanes of at least 4 members (excludes halogenated alkanes) is 4. The Morgan fingerprint density at radius 2 is 1.75 bits per heavy atom. The fourth-order valence-corrected chi connectivity index (χ4v) is 2.43. The van der Waals surface area contributed by atoms with E-state index in [-0.39, 0.29) is 0 Å². The summed E-state index contributed by atoms with van der Waals surface area (Å²) in [6.45, 7) is 4.31. The van der Waals surface area contributed by atoms with E-state index in [0.29, 0.717) is 5.82 Å². The number of hydrogen-bond acceptors (Lipinski definition) is 3. The second kappa shape index (κ2) is 7.13. The molecule has 1 heterocycles. The topological polar surface area (TPSA) is 52.0 Å². The van der Waals surface area contributed by atoms with E-state index in [1.165, 1.54) is 31.2 Å². The molecule has 0 aliphatic carbocycles. The van der Waals surface area contributed by atoms with Gasteiger partial charge in [-0.25, -0.2) is 0 Å². The van der Waals surface area contributed by atoms with Crippen molar-refractivity contribution in [2.24, 2.45) is 0 Å². The van der Waals surface area contributed by atoms with Crippen LogP contribution in [0.1, 0.15) is 50.4 Å². The highest BCUT2D eigenvalue weighted by Gasteiger charge is 2.15. The SMILES string of the molecule is CCCCCCCc1onc(N)c1-c1ccc(C)cc1. The smallest absolute Gasteiger partial charge is 0.175 e. The van der Waals surface area contributed by atoms with Crippen LogP contribution in [-0.2, 0) is 6.42 Å². The van der Waals surface area contributed by atoms with Gasteiger partial charge in [0, 0.05) is 6.42 Å². The van der Waals surface area contributed by atoms with E-state index in [2.05, 4.69) is 43.3 Å². The molecule has 1 aromatic heterocycles. The Labute approximate surface area is 121 Å². The van der Waals surface area contributed by atoms with Crippen LogP contribution in [0.15, 0.2) is 28.8 Å². The molecule has 20 heavy (non-hydrogen) atoms. The second-order valence-electron chi connectivity index (χ2n) is 5.40. The molecule has 0 unspecified atom stereocenters. The standard InChI is InChI=1S/C17H24N2O/c1-3-4-5-6-7-8-15-16(17(18)19-20-15)14-11-9-13(2)10-12-14/h9-12H,3-8H2,1-2H3,(H2,18,19). The van der Waals surface area contributed by atoms with Crippen molar-refractivity contribution in [1.29, 1.82) is 0 Å². The molecule has 0 spiro atoms. The lowest BCUT2D eigenvalue weighted by Crippen LogP contribution is -1.91. The maximum Gasteiger partial charge on any atom is 0.175 e. The number of rotatable bonds is 7. The van der Waals surface area contributed by atoms with Crippen molar-refractivity contribution in [3.8, 4) is 11.1 Å². The van der Waals surface area contributed by atoms with Gasteiger partial charge in [-0.1, -0.05) is 67.6 Å². The lowest BCUT2D eigenvalue weighted by molar-refractivity contribution is 0.381. The molecule has 0 bridgehead atoms. The first-order chi connectivity index (χ1) is 9.72. The number of anilines is 1. The molecule has 108 valence electrons. The van der Waals surface area contributed by atoms with E-state index >= 15 is 0 Å². The molecule has 0 atom stereocenters. The number of aryl methyl sites for hydroxylation is 2. The van der Waals surface area contributed by atoms with Crippen LogP contribution in [0.2, 0.25) is 0 Å². The number of benzene rings is 1. The fraction of sp³-hybridized carbons (Fsp3) is 0.471. The summed E-state index contributed by atoms with van der Waals surface area (Å²) in [7, 11) is 0. The van der Waals surface area contributed by atoms with Crippen molar-refractivity contribution < 1.29 is 4.52 Å². The molecule has 0 radical (unpaired) electrons. The van der Waals surface area contributed by atoms with Crippen molar-refractivity contribution in [1.82, 2.24) is 5.16 Å². The summed E-state index contributed by atoms with van der Waals surface area (Å²) in [6, 6.07) is 8.34. The second-order valence-corrected chi connectivity index (χ2v) is 5.40. The summed E-state index contributed by atoms with van der Waals surface area (Å²) in [5.74, 6) is 1.42. The van der Waals surface area contributed by atoms with Gasteiger partial charge in [0.15, 0.2) is 5.82 Å². The van der Waals surface area contributed by atoms with E-state index in [4.69, 9.17) is 10.3 Å². The maximum atomic E-state index is 5.96. The van der Waals surface area contributed by atoms with Gasteiger partial charge in [-0.2, -0.15) is 0 Å². The third-order valence-electron chi connectivity index (χ3n) is 3.64. The zero-order chi connectivity index (χ0) is 14.4. The normalized spacial score (nSPS) is 10.9. The Balaban J connectivity index is 2.05. The van der Waals surface area contributed by atoms with Crippen molar-refractivity contribution in [2.45, 2.75) is 52.4 Å². The average molecular weight is 272 g/mol. The minimum Gasteiger partial charge on any atom is -0.380 e. The van der Waals surface area contributed by atoms with E-state index in [9.17, 15) is 0 Å². The Hall–Kier alpha value is -1.77. The first kappa shape index (κ1) is 14.6. The lowest BCUT2D eigenvalue weighted by atomic mass is 10.0. The van der Waals surface area contributed by atoms with Crippen molar-refractivity contribution in [3.05, 3.63) is 35.6 Å². The molecule has 0 amide bonds. The molecule has 0 aliphatic rings. The highest BCUT2D eigenvalue weighted by Crippen LogP contribution is 2.30. The molecular weight excluding hydrogens is 248 g/mol. The van der Waals surface area contributed by atoms with E-state index in [1.54, 1.807) is 0 Å². The predicted octanol–water partition coefficient (Wildman–Crippen LogP) is 4.75. The maximum absolute atomic E-state index is 5.96. The van der Waals surface area contributed by atoms with Gasteiger partial charge in [0.2, 0.25) is 0 Å². The zero-order valence-electron chi connectivity index (χ0n) is 12.5. The van der Waals surface area contributed by atoms with Crippen LogP contribution in [-0.4, -0.2) is 5.16 Å². The summed E-state index contributed by atoms with van der Waals surface area (Å²) >= 11 is 0. The quantitative estimate of drug-likeness (QED) is 0.740. The summed E-state index contributed by atoms with van der Waals surface area (Å²) in [5.41, 5.74) is 9.27. The largest absolute Gasteiger partial charge is 0.380 e. The molecule has 2 rings (SSSR count). The minimum atomic E-state index is 0.498. The van der Waals surface area contributed by atoms with Gasteiger partial charge in [0.25, 0.3) is 0 Å². The molecule has 1 aromatic carbocycles. The minimum absolute atomic E-state index is 0.498. The molecule has 2 N–H and O–H groups in total. The van der Waals surface area contributed by atoms with Gasteiger partial charge >= 0.3 is 0 Å². The summed E-state index contributed by atoms with van der Waals surface area (Å²) in [6.07, 6.45) is 7.15. The molecule has 0 fully saturated rings. The summed E-state index contributed by atoms with van der Waals surface area (Å²) < 4.78 is 5.41. The number of nitrogen functional groups attached to an aromatic ring is 1. The molecule has 2 aromatic rings. The van der Waals surface area contributed by atoms with E-state index in [0.717, 1.165) is 29.7 Å². The summed E-state index contributed by atoms with van der Waals surface area (Å²) in [5, 5.41) is 3.93. The van der Waals surface area contributed by atoms with Gasteiger partial charge in [0.05, 0.1) is 5.56 Å². The van der Waals surface area contributed by atoms with Crippen LogP contribution >= 0.6 is 0 Å². The fourth-order valence-electron chi connectivity index (χ4n) is 2.43. The zero-order valence-corrected chi connectivity index (χ0v) is 12.5. The molecule has 0 aliphatic heterocycles. The number of nitrogens with zero attached hydrogens (tertiary/aromatic N) is 1. The van der Waals surface area contributed by atoms with Crippen molar-refractivity contribution in [2.75, 3.05) is 5.73 Å². The Morgan fingerprint density at radius 1 is 1.05 bits per heavy atom. The monoisotopic (exact) mass is 272 g/mol. The van der Waals surface area contributed by atoms with Gasteiger partial charge in [-0.15, -0.1) is 0 Å². The highest BCUT2D eigenvalue weighted by atomic mass is 16.5. The van der Waals surface area contributed by atoms with Crippen molar-refractivity contribution >= 4 is 5.82 Å². The Bertz CT molecular complexity index is 528.